The van der Waals surface area contributed by atoms with Gasteiger partial charge in [0, 0.05) is 81.3 Å². The first kappa shape index (κ1) is 54.6. The number of likely N-dealkylation sites (tertiary alicyclic amines) is 1. The molecule has 6 heterocycles. The molecule has 0 aliphatic carbocycles. The van der Waals surface area contributed by atoms with Crippen LogP contribution in [0, 0.1) is 11.6 Å². The predicted molar refractivity (Wildman–Crippen MR) is 262 cm³/mol. The van der Waals surface area contributed by atoms with Crippen LogP contribution in [0.4, 0.5) is 38.4 Å². The van der Waals surface area contributed by atoms with Gasteiger partial charge in [-0.25, -0.2) is 28.3 Å². The van der Waals surface area contributed by atoms with Crippen LogP contribution < -0.4 is 26.3 Å². The molecule has 2 aliphatic rings. The van der Waals surface area contributed by atoms with E-state index in [9.17, 15) is 26.7 Å². The van der Waals surface area contributed by atoms with Crippen LogP contribution >= 0.6 is 23.2 Å². The number of hydrogen-bond acceptors (Lipinski definition) is 12. The summed E-state index contributed by atoms with van der Waals surface area (Å²) in [5.74, 6) is -2.24. The Morgan fingerprint density at radius 3 is 1.53 bits per heavy atom. The van der Waals surface area contributed by atoms with Gasteiger partial charge in [0.05, 0.1) is 24.5 Å². The van der Waals surface area contributed by atoms with Gasteiger partial charge in [0.25, 0.3) is 0 Å². The van der Waals surface area contributed by atoms with E-state index in [1.807, 2.05) is 54.8 Å². The molecule has 2 fully saturated rings. The highest BCUT2D eigenvalue weighted by molar-refractivity contribution is 6.31. The molecule has 4 aromatic heterocycles. The lowest BCUT2D eigenvalue weighted by Crippen LogP contribution is -2.42. The fourth-order valence-corrected chi connectivity index (χ4v) is 8.20. The molecule has 0 radical (unpaired) electrons. The van der Waals surface area contributed by atoms with Crippen LogP contribution in [0.25, 0.3) is 22.3 Å². The Kier molecular flexibility index (Phi) is 18.0. The number of aliphatic carboxylic acids is 1. The Balaban J connectivity index is 0.000000211. The van der Waals surface area contributed by atoms with Gasteiger partial charge >= 0.3 is 18.2 Å². The van der Waals surface area contributed by atoms with Gasteiger partial charge in [-0.3, -0.25) is 9.36 Å². The number of nitrogen functional groups attached to an aromatic ring is 2. The molecule has 8 rings (SSSR count). The van der Waals surface area contributed by atoms with Crippen LogP contribution in [0.1, 0.15) is 95.7 Å². The lowest BCUT2D eigenvalue weighted by atomic mass is 10.1. The van der Waals surface area contributed by atoms with Crippen LogP contribution in [0.3, 0.4) is 0 Å². The van der Waals surface area contributed by atoms with Crippen molar-refractivity contribution in [2.45, 2.75) is 96.4 Å². The normalized spacial score (nSPS) is 15.3. The minimum Gasteiger partial charge on any atom is -0.482 e. The molecule has 6 N–H and O–H groups in total. The largest absolute Gasteiger partial charge is 0.490 e. The van der Waals surface area contributed by atoms with E-state index in [4.69, 9.17) is 58.8 Å². The van der Waals surface area contributed by atoms with E-state index in [1.165, 1.54) is 36.4 Å². The molecule has 16 nitrogen and oxygen atoms in total. The number of carboxylic acids is 1. The van der Waals surface area contributed by atoms with E-state index in [1.54, 1.807) is 43.4 Å². The zero-order chi connectivity index (χ0) is 52.5. The summed E-state index contributed by atoms with van der Waals surface area (Å²) in [6.07, 6.45) is 8.22. The number of rotatable bonds is 10. The molecule has 2 unspecified atom stereocenters. The zero-order valence-corrected chi connectivity index (χ0v) is 41.5. The third kappa shape index (κ3) is 14.9. The zero-order valence-electron chi connectivity index (χ0n) is 40.0. The first-order valence-corrected chi connectivity index (χ1v) is 23.5. The number of nitrogens with one attached hydrogen (secondary N) is 1. The van der Waals surface area contributed by atoms with E-state index >= 15 is 0 Å². The Labute approximate surface area is 422 Å². The van der Waals surface area contributed by atoms with Crippen LogP contribution in [0.15, 0.2) is 85.7 Å². The van der Waals surface area contributed by atoms with Crippen LogP contribution in [-0.2, 0) is 9.53 Å². The van der Waals surface area contributed by atoms with E-state index < -0.39 is 35.8 Å². The van der Waals surface area contributed by atoms with Crippen molar-refractivity contribution >= 4 is 46.9 Å². The SMILES string of the molecule is CC(Oc1cc(-c2cnn(C3CCN(C(=O)OC(C)(C)C)CC3)c2)cnc1N)c1cc(F)ccc1Cl.CC(Oc1cc(-c2cnn(C3CCNCC3)c2)cnc1N)c1cc(F)ccc1Cl.O=C(O)C(F)(F)F. The average molecular weight is 1050 g/mol. The molecule has 6 aromatic rings. The molecule has 386 valence electrons. The van der Waals surface area contributed by atoms with Gasteiger partial charge in [-0.2, -0.15) is 23.4 Å². The first-order valence-electron chi connectivity index (χ1n) is 22.8. The molecule has 0 bridgehead atoms. The topological polar surface area (TPSA) is 211 Å². The smallest absolute Gasteiger partial charge is 0.482 e. The van der Waals surface area contributed by atoms with Crippen molar-refractivity contribution in [1.29, 1.82) is 0 Å². The summed E-state index contributed by atoms with van der Waals surface area (Å²) in [4.78, 5) is 31.5. The molecule has 2 aromatic carbocycles. The Morgan fingerprint density at radius 1 is 0.708 bits per heavy atom. The number of nitrogens with zero attached hydrogens (tertiary/aromatic N) is 7. The van der Waals surface area contributed by atoms with Gasteiger partial charge in [0.2, 0.25) is 0 Å². The monoisotopic (exact) mass is 1040 g/mol. The average Bonchev–Trinajstić information content (AvgIpc) is 4.04. The third-order valence-electron chi connectivity index (χ3n) is 11.4. The summed E-state index contributed by atoms with van der Waals surface area (Å²) in [7, 11) is 0. The van der Waals surface area contributed by atoms with Gasteiger partial charge in [-0.05, 0) is 122 Å². The number of carboxylic acid groups (broad SMARTS) is 1. The highest BCUT2D eigenvalue weighted by atomic mass is 35.5. The van der Waals surface area contributed by atoms with Crippen molar-refractivity contribution in [2.75, 3.05) is 37.6 Å². The number of aromatic nitrogens is 6. The van der Waals surface area contributed by atoms with Gasteiger partial charge < -0.3 is 41.0 Å². The molecule has 72 heavy (non-hydrogen) atoms. The molecular formula is C49H55Cl2F5N10O6. The molecule has 0 spiro atoms. The summed E-state index contributed by atoms with van der Waals surface area (Å²) in [6.45, 7) is 12.4. The highest BCUT2D eigenvalue weighted by Gasteiger charge is 2.38. The Morgan fingerprint density at radius 2 is 1.12 bits per heavy atom. The van der Waals surface area contributed by atoms with Crippen LogP contribution in [-0.4, -0.2) is 89.6 Å². The summed E-state index contributed by atoms with van der Waals surface area (Å²) >= 11 is 12.4. The molecule has 1 amide bonds. The molecular weight excluding hydrogens is 990 g/mol. The molecule has 2 aliphatic heterocycles. The van der Waals surface area contributed by atoms with Gasteiger partial charge in [0.15, 0.2) is 23.1 Å². The summed E-state index contributed by atoms with van der Waals surface area (Å²) in [5, 5.41) is 20.4. The van der Waals surface area contributed by atoms with E-state index in [0.717, 1.165) is 61.0 Å². The van der Waals surface area contributed by atoms with Crippen LogP contribution in [0.2, 0.25) is 10.0 Å². The summed E-state index contributed by atoms with van der Waals surface area (Å²) in [5.41, 5.74) is 16.1. The number of pyridine rings is 2. The summed E-state index contributed by atoms with van der Waals surface area (Å²) in [6, 6.07) is 12.5. The van der Waals surface area contributed by atoms with Crippen LogP contribution in [0.5, 0.6) is 11.5 Å². The second-order valence-electron chi connectivity index (χ2n) is 18.0. The van der Waals surface area contributed by atoms with Crippen molar-refractivity contribution in [3.8, 4) is 33.8 Å². The first-order chi connectivity index (χ1) is 33.9. The molecule has 23 heteroatoms. The second kappa shape index (κ2) is 23.7. The standard InChI is InChI=1S/C26H31ClFN5O3.C21H23ClFN5O.C2HF3O2/c1-16(21-12-19(28)5-6-22(21)27)35-23-11-17(13-30-24(23)29)18-14-31-33(15-18)20-7-9-32(10-8-20)25(34)36-26(2,3)4;1-13(18-9-16(23)2-3-19(18)22)29-20-8-14(10-26-21(20)24)15-11-27-28(12-15)17-4-6-25-7-5-17;3-2(4,5)1(6)7/h5-6,11-16,20H,7-10H2,1-4H3,(H2,29,30);2-3,8-13,17,25H,4-7H2,1H3,(H2,24,26);(H,6,7). The number of ether oxygens (including phenoxy) is 3. The second-order valence-corrected chi connectivity index (χ2v) is 18.8. The quantitative estimate of drug-likeness (QED) is 0.0942. The van der Waals surface area contributed by atoms with Crippen molar-refractivity contribution in [2.24, 2.45) is 0 Å². The van der Waals surface area contributed by atoms with Crippen molar-refractivity contribution < 1.29 is 50.9 Å². The van der Waals surface area contributed by atoms with E-state index in [0.29, 0.717) is 51.8 Å². The van der Waals surface area contributed by atoms with E-state index in [2.05, 4.69) is 25.5 Å². The predicted octanol–water partition coefficient (Wildman–Crippen LogP) is 11.0. The molecule has 2 saturated heterocycles. The fourth-order valence-electron chi connectivity index (χ4n) is 7.66. The third-order valence-corrected chi connectivity index (χ3v) is 12.1. The van der Waals surface area contributed by atoms with Crippen molar-refractivity contribution in [1.82, 2.24) is 39.7 Å². The maximum absolute atomic E-state index is 13.7. The summed E-state index contributed by atoms with van der Waals surface area (Å²) < 4.78 is 80.4. The number of halogens is 7. The highest BCUT2D eigenvalue weighted by Crippen LogP contribution is 2.36. The molecule has 0 saturated carbocycles. The number of piperidine rings is 2. The number of amides is 1. The maximum atomic E-state index is 13.7. The fraction of sp³-hybridized carbons (Fsp3) is 0.388. The Bertz CT molecular complexity index is 2810. The lowest BCUT2D eigenvalue weighted by molar-refractivity contribution is -0.192. The number of nitrogens with two attached hydrogens (primary N) is 2. The number of hydrogen-bond donors (Lipinski definition) is 4. The minimum absolute atomic E-state index is 0.171. The number of benzene rings is 2. The van der Waals surface area contributed by atoms with Crippen molar-refractivity contribution in [3.05, 3.63) is 119 Å². The van der Waals surface area contributed by atoms with Crippen molar-refractivity contribution in [3.63, 3.8) is 0 Å². The maximum Gasteiger partial charge on any atom is 0.490 e. The minimum atomic E-state index is -5.08. The number of anilines is 2. The molecule has 2 atom stereocenters. The van der Waals surface area contributed by atoms with E-state index in [-0.39, 0.29) is 29.6 Å². The van der Waals surface area contributed by atoms with Gasteiger partial charge in [0.1, 0.15) is 29.4 Å². The number of carbonyl (C=O) groups is 2. The number of alkyl halides is 3. The van der Waals surface area contributed by atoms with Gasteiger partial charge in [-0.15, -0.1) is 0 Å². The van der Waals surface area contributed by atoms with Gasteiger partial charge in [-0.1, -0.05) is 23.2 Å². The lowest BCUT2D eigenvalue weighted by Gasteiger charge is -2.33. The Hall–Kier alpha value is -6.71. The number of carbonyl (C=O) groups excluding carboxylic acids is 1.